The van der Waals surface area contributed by atoms with Crippen molar-refractivity contribution >= 4 is 27.5 Å². The van der Waals surface area contributed by atoms with Gasteiger partial charge in [0.15, 0.2) is 0 Å². The molecule has 0 saturated heterocycles. The molecule has 0 fully saturated rings. The normalized spacial score (nSPS) is 12.4. The Morgan fingerprint density at radius 1 is 1.25 bits per heavy atom. The molecule has 0 amide bonds. The van der Waals surface area contributed by atoms with E-state index in [9.17, 15) is 4.39 Å². The number of likely N-dealkylation sites (N-methyl/N-ethyl adjacent to an activating group) is 1. The van der Waals surface area contributed by atoms with E-state index in [1.54, 1.807) is 6.07 Å². The summed E-state index contributed by atoms with van der Waals surface area (Å²) in [7, 11) is 1.91. The van der Waals surface area contributed by atoms with Crippen molar-refractivity contribution in [2.75, 3.05) is 7.05 Å². The van der Waals surface area contributed by atoms with Gasteiger partial charge in [-0.15, -0.1) is 0 Å². The molecule has 0 aliphatic carbocycles. The van der Waals surface area contributed by atoms with E-state index < -0.39 is 0 Å². The highest BCUT2D eigenvalue weighted by Gasteiger charge is 2.14. The van der Waals surface area contributed by atoms with Crippen LogP contribution in [0, 0.1) is 12.7 Å². The van der Waals surface area contributed by atoms with E-state index in [1.165, 1.54) is 11.6 Å². The molecule has 0 aromatic heterocycles. The Morgan fingerprint density at radius 2 is 2.00 bits per heavy atom. The summed E-state index contributed by atoms with van der Waals surface area (Å²) < 4.78 is 14.6. The fourth-order valence-electron chi connectivity index (χ4n) is 2.18. The lowest BCUT2D eigenvalue weighted by Gasteiger charge is -2.19. The zero-order valence-corrected chi connectivity index (χ0v) is 13.7. The van der Waals surface area contributed by atoms with Gasteiger partial charge in [-0.1, -0.05) is 45.7 Å². The molecule has 106 valence electrons. The lowest BCUT2D eigenvalue weighted by atomic mass is 9.98. The highest BCUT2D eigenvalue weighted by Crippen LogP contribution is 2.27. The number of hydrogen-bond donors (Lipinski definition) is 1. The third kappa shape index (κ3) is 3.60. The van der Waals surface area contributed by atoms with Crippen LogP contribution in [0.5, 0.6) is 0 Å². The first-order chi connectivity index (χ1) is 9.51. The molecule has 1 nitrogen and oxygen atoms in total. The van der Waals surface area contributed by atoms with Gasteiger partial charge in [-0.3, -0.25) is 0 Å². The molecule has 20 heavy (non-hydrogen) atoms. The zero-order valence-electron chi connectivity index (χ0n) is 11.4. The summed E-state index contributed by atoms with van der Waals surface area (Å²) in [4.78, 5) is 0. The second-order valence-electron chi connectivity index (χ2n) is 4.82. The van der Waals surface area contributed by atoms with Gasteiger partial charge in [-0.2, -0.15) is 0 Å². The van der Waals surface area contributed by atoms with E-state index in [0.29, 0.717) is 6.42 Å². The van der Waals surface area contributed by atoms with Crippen molar-refractivity contribution in [2.24, 2.45) is 0 Å². The fourth-order valence-corrected chi connectivity index (χ4v) is 3.07. The highest BCUT2D eigenvalue weighted by atomic mass is 79.9. The molecule has 1 atom stereocenters. The van der Waals surface area contributed by atoms with Gasteiger partial charge in [0.1, 0.15) is 5.82 Å². The molecule has 0 bridgehead atoms. The second-order valence-corrected chi connectivity index (χ2v) is 6.08. The molecular formula is C16H16BrClFN. The Hall–Kier alpha value is -0.900. The summed E-state index contributed by atoms with van der Waals surface area (Å²) in [5.41, 5.74) is 3.28. The summed E-state index contributed by atoms with van der Waals surface area (Å²) in [5, 5.41) is 3.43. The third-order valence-electron chi connectivity index (χ3n) is 3.30. The molecule has 4 heteroatoms. The Morgan fingerprint density at radius 3 is 2.60 bits per heavy atom. The minimum Gasteiger partial charge on any atom is -0.313 e. The van der Waals surface area contributed by atoms with Crippen LogP contribution in [0.3, 0.4) is 0 Å². The summed E-state index contributed by atoms with van der Waals surface area (Å²) in [6.45, 7) is 2.05. The molecule has 2 aromatic carbocycles. The van der Waals surface area contributed by atoms with E-state index in [-0.39, 0.29) is 16.9 Å². The van der Waals surface area contributed by atoms with E-state index in [1.807, 2.05) is 13.1 Å². The van der Waals surface area contributed by atoms with Crippen LogP contribution < -0.4 is 5.32 Å². The van der Waals surface area contributed by atoms with Crippen molar-refractivity contribution in [1.82, 2.24) is 5.32 Å². The smallest absolute Gasteiger partial charge is 0.142 e. The monoisotopic (exact) mass is 355 g/mol. The quantitative estimate of drug-likeness (QED) is 0.808. The maximum Gasteiger partial charge on any atom is 0.142 e. The Labute approximate surface area is 132 Å². The first-order valence-corrected chi connectivity index (χ1v) is 7.55. The summed E-state index contributed by atoms with van der Waals surface area (Å²) in [6, 6.07) is 11.3. The Balaban J connectivity index is 2.26. The van der Waals surface area contributed by atoms with Gasteiger partial charge in [0.25, 0.3) is 0 Å². The van der Waals surface area contributed by atoms with Crippen molar-refractivity contribution < 1.29 is 4.39 Å². The van der Waals surface area contributed by atoms with E-state index in [4.69, 9.17) is 11.6 Å². The summed E-state index contributed by atoms with van der Waals surface area (Å²) >= 11 is 9.31. The van der Waals surface area contributed by atoms with E-state index >= 15 is 0 Å². The summed E-state index contributed by atoms with van der Waals surface area (Å²) in [5.74, 6) is -0.373. The average molecular weight is 357 g/mol. The number of rotatable bonds is 4. The molecule has 1 unspecified atom stereocenters. The number of nitrogens with one attached hydrogen (secondary N) is 1. The Bertz CT molecular complexity index is 615. The van der Waals surface area contributed by atoms with Gasteiger partial charge in [0, 0.05) is 10.5 Å². The zero-order chi connectivity index (χ0) is 14.7. The van der Waals surface area contributed by atoms with Crippen LogP contribution in [0.25, 0.3) is 0 Å². The van der Waals surface area contributed by atoms with Crippen molar-refractivity contribution in [1.29, 1.82) is 0 Å². The lowest BCUT2D eigenvalue weighted by Crippen LogP contribution is -2.19. The van der Waals surface area contributed by atoms with Crippen LogP contribution in [0.4, 0.5) is 4.39 Å². The molecule has 0 heterocycles. The van der Waals surface area contributed by atoms with Gasteiger partial charge in [0.2, 0.25) is 0 Å². The van der Waals surface area contributed by atoms with Crippen LogP contribution in [0.2, 0.25) is 5.02 Å². The Kier molecular flexibility index (Phi) is 5.19. The maximum atomic E-state index is 13.5. The molecule has 1 N–H and O–H groups in total. The van der Waals surface area contributed by atoms with E-state index in [2.05, 4.69) is 46.4 Å². The highest BCUT2D eigenvalue weighted by molar-refractivity contribution is 9.10. The molecule has 0 aliphatic heterocycles. The van der Waals surface area contributed by atoms with Crippen LogP contribution in [-0.4, -0.2) is 7.05 Å². The minimum absolute atomic E-state index is 0.116. The SMILES string of the molecule is CNC(Cc1ccc(Cl)c(F)c1)c1ccc(C)cc1Br. The number of halogens is 3. The summed E-state index contributed by atoms with van der Waals surface area (Å²) in [6.07, 6.45) is 0.701. The number of hydrogen-bond acceptors (Lipinski definition) is 1. The van der Waals surface area contributed by atoms with Gasteiger partial charge in [0.05, 0.1) is 5.02 Å². The molecule has 2 aromatic rings. The van der Waals surface area contributed by atoms with Crippen molar-refractivity contribution in [3.05, 3.63) is 68.4 Å². The van der Waals surface area contributed by atoms with Crippen LogP contribution in [0.15, 0.2) is 40.9 Å². The number of aryl methyl sites for hydroxylation is 1. The molecule has 2 rings (SSSR count). The predicted octanol–water partition coefficient (Wildman–Crippen LogP) is 5.05. The van der Waals surface area contributed by atoms with Gasteiger partial charge >= 0.3 is 0 Å². The third-order valence-corrected chi connectivity index (χ3v) is 4.30. The van der Waals surface area contributed by atoms with Crippen LogP contribution in [0.1, 0.15) is 22.7 Å². The maximum absolute atomic E-state index is 13.5. The molecule has 0 saturated carbocycles. The first-order valence-electron chi connectivity index (χ1n) is 6.38. The standard InChI is InChI=1S/C16H16BrClFN/c1-10-3-5-12(13(17)7-10)16(20-2)9-11-4-6-14(18)15(19)8-11/h3-8,16,20H,9H2,1-2H3. The molecular weight excluding hydrogens is 341 g/mol. The predicted molar refractivity (Wildman–Crippen MR) is 85.8 cm³/mol. The van der Waals surface area contributed by atoms with Crippen molar-refractivity contribution in [3.63, 3.8) is 0 Å². The second kappa shape index (κ2) is 6.70. The van der Waals surface area contributed by atoms with E-state index in [0.717, 1.165) is 15.6 Å². The topological polar surface area (TPSA) is 12.0 Å². The molecule has 0 aliphatic rings. The molecule has 0 radical (unpaired) electrons. The van der Waals surface area contributed by atoms with Gasteiger partial charge in [-0.25, -0.2) is 4.39 Å². The van der Waals surface area contributed by atoms with Crippen molar-refractivity contribution in [2.45, 2.75) is 19.4 Å². The van der Waals surface area contributed by atoms with Gasteiger partial charge in [-0.05, 0) is 55.3 Å². The fraction of sp³-hybridized carbons (Fsp3) is 0.250. The minimum atomic E-state index is -0.373. The van der Waals surface area contributed by atoms with Crippen LogP contribution >= 0.6 is 27.5 Å². The lowest BCUT2D eigenvalue weighted by molar-refractivity contribution is 0.582. The molecule has 0 spiro atoms. The first kappa shape index (κ1) is 15.5. The van der Waals surface area contributed by atoms with Crippen LogP contribution in [-0.2, 0) is 6.42 Å². The van der Waals surface area contributed by atoms with Gasteiger partial charge < -0.3 is 5.32 Å². The van der Waals surface area contributed by atoms with Crippen molar-refractivity contribution in [3.8, 4) is 0 Å². The number of benzene rings is 2. The largest absolute Gasteiger partial charge is 0.313 e. The average Bonchev–Trinajstić information content (AvgIpc) is 2.41.